The van der Waals surface area contributed by atoms with E-state index in [2.05, 4.69) is 46.8 Å². The van der Waals surface area contributed by atoms with Gasteiger partial charge in [-0.2, -0.15) is 0 Å². The van der Waals surface area contributed by atoms with Gasteiger partial charge in [0.2, 0.25) is 17.7 Å². The largest absolute Gasteiger partial charge is 0.494 e. The van der Waals surface area contributed by atoms with Crippen molar-refractivity contribution in [1.29, 1.82) is 0 Å². The van der Waals surface area contributed by atoms with E-state index in [0.717, 1.165) is 17.9 Å². The van der Waals surface area contributed by atoms with E-state index < -0.39 is 39.0 Å². The van der Waals surface area contributed by atoms with Crippen LogP contribution in [0.15, 0.2) is 48.6 Å². The van der Waals surface area contributed by atoms with Crippen molar-refractivity contribution in [2.24, 2.45) is 17.3 Å². The van der Waals surface area contributed by atoms with Gasteiger partial charge in [0.15, 0.2) is 0 Å². The maximum absolute atomic E-state index is 14.9. The third-order valence-corrected chi connectivity index (χ3v) is 11.5. The number of amides is 3. The molecule has 44 heavy (non-hydrogen) atoms. The summed E-state index contributed by atoms with van der Waals surface area (Å²) < 4.78 is 3.96. The molecule has 5 rings (SSSR count). The Labute approximate surface area is 266 Å². The molecule has 0 radical (unpaired) electrons. The van der Waals surface area contributed by atoms with Gasteiger partial charge < -0.3 is 24.5 Å². The van der Waals surface area contributed by atoms with E-state index in [4.69, 9.17) is 4.74 Å². The van der Waals surface area contributed by atoms with E-state index in [1.165, 1.54) is 0 Å². The molecule has 0 saturated carbocycles. The van der Waals surface area contributed by atoms with Crippen molar-refractivity contribution in [3.63, 3.8) is 0 Å². The van der Waals surface area contributed by atoms with Gasteiger partial charge in [0.25, 0.3) is 0 Å². The Morgan fingerprint density at radius 3 is 2.20 bits per heavy atom. The van der Waals surface area contributed by atoms with Crippen molar-refractivity contribution in [2.75, 3.05) is 31.2 Å². The molecule has 0 aromatic heterocycles. The van der Waals surface area contributed by atoms with Crippen LogP contribution in [0.3, 0.4) is 0 Å². The van der Waals surface area contributed by atoms with Crippen LogP contribution in [0.5, 0.6) is 5.75 Å². The van der Waals surface area contributed by atoms with Crippen LogP contribution in [0, 0.1) is 17.3 Å². The fourth-order valence-electron chi connectivity index (χ4n) is 8.33. The standard InChI is InChI=1S/C35H49N3O5S/c1-9-23(21-39)38-28-31(42)37(33(6,7)22-32(3,4)5)20-12-18-35(28)27(30(38)41)26-29(40)36(19-11-17-34(26,8)44-35)24-13-15-25(16-14-24)43-10-2/h11-18,23,26-28,39H,9-10,19-22H2,1-8H3/t23-,26+,27-,28?,34-,35-/m0/s1. The van der Waals surface area contributed by atoms with Gasteiger partial charge in [-0.3, -0.25) is 14.4 Å². The van der Waals surface area contributed by atoms with Gasteiger partial charge in [-0.15, -0.1) is 11.8 Å². The van der Waals surface area contributed by atoms with Crippen LogP contribution in [-0.2, 0) is 14.4 Å². The van der Waals surface area contributed by atoms with Crippen LogP contribution in [-0.4, -0.2) is 86.0 Å². The molecule has 3 amide bonds. The molecule has 4 aliphatic heterocycles. The zero-order chi connectivity index (χ0) is 32.2. The highest BCUT2D eigenvalue weighted by Gasteiger charge is 2.74. The summed E-state index contributed by atoms with van der Waals surface area (Å²) in [5.41, 5.74) is 0.241. The fourth-order valence-corrected chi connectivity index (χ4v) is 10.5. The molecule has 1 aromatic carbocycles. The lowest BCUT2D eigenvalue weighted by Gasteiger charge is -2.45. The zero-order valence-electron chi connectivity index (χ0n) is 27.5. The molecule has 4 aliphatic rings. The minimum absolute atomic E-state index is 0.0213. The predicted molar refractivity (Wildman–Crippen MR) is 176 cm³/mol. The Bertz CT molecular complexity index is 1350. The van der Waals surface area contributed by atoms with E-state index in [-0.39, 0.29) is 29.7 Å². The van der Waals surface area contributed by atoms with Crippen LogP contribution in [0.1, 0.15) is 68.2 Å². The van der Waals surface area contributed by atoms with Crippen LogP contribution >= 0.6 is 11.8 Å². The topological polar surface area (TPSA) is 90.4 Å². The van der Waals surface area contributed by atoms with Crippen molar-refractivity contribution >= 4 is 35.2 Å². The molecule has 1 unspecified atom stereocenters. The van der Waals surface area contributed by atoms with E-state index in [1.54, 1.807) is 21.6 Å². The number of carbonyl (C=O) groups is 3. The van der Waals surface area contributed by atoms with Crippen molar-refractivity contribution in [2.45, 2.75) is 95.3 Å². The maximum atomic E-state index is 14.9. The molecule has 0 aliphatic carbocycles. The van der Waals surface area contributed by atoms with Crippen LogP contribution in [0.4, 0.5) is 5.69 Å². The molecular weight excluding hydrogens is 574 g/mol. The minimum Gasteiger partial charge on any atom is -0.494 e. The van der Waals surface area contributed by atoms with E-state index in [1.807, 2.05) is 62.1 Å². The molecule has 0 bridgehead atoms. The van der Waals surface area contributed by atoms with Crippen LogP contribution in [0.25, 0.3) is 0 Å². The highest BCUT2D eigenvalue weighted by Crippen LogP contribution is 2.66. The molecule has 9 heteroatoms. The minimum atomic E-state index is -0.954. The molecule has 1 aromatic rings. The summed E-state index contributed by atoms with van der Waals surface area (Å²) in [5.74, 6) is -1.18. The third kappa shape index (κ3) is 5.27. The number of hydrogen-bond donors (Lipinski definition) is 1. The molecule has 240 valence electrons. The number of fused-ring (bicyclic) bond motifs is 2. The molecule has 2 saturated heterocycles. The van der Waals surface area contributed by atoms with Gasteiger partial charge in [0.1, 0.15) is 11.8 Å². The number of anilines is 1. The lowest BCUT2D eigenvalue weighted by molar-refractivity contribution is -0.149. The number of carbonyl (C=O) groups excluding carboxylic acids is 3. The van der Waals surface area contributed by atoms with Gasteiger partial charge in [0, 0.05) is 29.1 Å². The van der Waals surface area contributed by atoms with Crippen molar-refractivity contribution < 1.29 is 24.2 Å². The highest BCUT2D eigenvalue weighted by atomic mass is 32.2. The molecule has 1 spiro atoms. The number of aliphatic hydroxyl groups excluding tert-OH is 1. The number of hydrogen-bond acceptors (Lipinski definition) is 6. The first-order valence-corrected chi connectivity index (χ1v) is 16.8. The lowest BCUT2D eigenvalue weighted by Crippen LogP contribution is -2.60. The van der Waals surface area contributed by atoms with Gasteiger partial charge in [-0.1, -0.05) is 52.0 Å². The summed E-state index contributed by atoms with van der Waals surface area (Å²) in [5, 5.41) is 10.5. The van der Waals surface area contributed by atoms with Crippen LogP contribution < -0.4 is 9.64 Å². The SMILES string of the molecule is CCOc1ccc(N2CC=C[C@]3(C)S[C@]45C=CCN(C(C)(C)CC(C)(C)C)C(=O)C4N([C@@H](CC)CO)C(=O)[C@@H]5[C@@H]3C2=O)cc1. The second kappa shape index (κ2) is 11.5. The summed E-state index contributed by atoms with van der Waals surface area (Å²) in [7, 11) is 0. The Morgan fingerprint density at radius 1 is 0.955 bits per heavy atom. The predicted octanol–water partition coefficient (Wildman–Crippen LogP) is 5.06. The van der Waals surface area contributed by atoms with Gasteiger partial charge >= 0.3 is 0 Å². The van der Waals surface area contributed by atoms with Gasteiger partial charge in [0.05, 0.1) is 35.8 Å². The second-order valence-corrected chi connectivity index (χ2v) is 16.5. The first-order chi connectivity index (χ1) is 20.6. The number of thioether (sulfide) groups is 1. The Morgan fingerprint density at radius 2 is 1.61 bits per heavy atom. The average Bonchev–Trinajstić information content (AvgIpc) is 3.20. The van der Waals surface area contributed by atoms with Gasteiger partial charge in [-0.05, 0) is 70.2 Å². The summed E-state index contributed by atoms with van der Waals surface area (Å²) in [6.45, 7) is 17.7. The monoisotopic (exact) mass is 623 g/mol. The molecule has 4 heterocycles. The Hall–Kier alpha value is -2.78. The lowest BCUT2D eigenvalue weighted by atomic mass is 9.74. The molecule has 1 N–H and O–H groups in total. The zero-order valence-corrected chi connectivity index (χ0v) is 28.3. The molecule has 6 atom stereocenters. The molecule has 8 nitrogen and oxygen atoms in total. The average molecular weight is 624 g/mol. The third-order valence-electron chi connectivity index (χ3n) is 9.72. The van der Waals surface area contributed by atoms with Crippen LogP contribution in [0.2, 0.25) is 0 Å². The first-order valence-electron chi connectivity index (χ1n) is 16.0. The Kier molecular flexibility index (Phi) is 8.55. The molecular formula is C35H49N3O5S. The fraction of sp³-hybridized carbons (Fsp3) is 0.629. The number of nitrogens with zero attached hydrogens (tertiary/aromatic N) is 3. The summed E-state index contributed by atoms with van der Waals surface area (Å²) >= 11 is 1.58. The number of ether oxygens (including phenoxy) is 1. The first kappa shape index (κ1) is 32.6. The number of likely N-dealkylation sites (tertiary alicyclic amines) is 1. The van der Waals surface area contributed by atoms with Crippen molar-refractivity contribution in [1.82, 2.24) is 9.80 Å². The summed E-state index contributed by atoms with van der Waals surface area (Å²) in [4.78, 5) is 49.6. The van der Waals surface area contributed by atoms with E-state index in [9.17, 15) is 19.5 Å². The maximum Gasteiger partial charge on any atom is 0.247 e. The molecule has 2 fully saturated rings. The van der Waals surface area contributed by atoms with E-state index >= 15 is 0 Å². The number of aliphatic hydroxyl groups is 1. The number of rotatable bonds is 8. The van der Waals surface area contributed by atoms with Gasteiger partial charge in [-0.25, -0.2) is 0 Å². The summed E-state index contributed by atoms with van der Waals surface area (Å²) in [6, 6.07) is 6.12. The summed E-state index contributed by atoms with van der Waals surface area (Å²) in [6.07, 6.45) is 9.46. The Balaban J connectivity index is 1.61. The van der Waals surface area contributed by atoms with Crippen molar-refractivity contribution in [3.05, 3.63) is 48.6 Å². The highest BCUT2D eigenvalue weighted by molar-refractivity contribution is 8.02. The smallest absolute Gasteiger partial charge is 0.247 e. The normalized spacial score (nSPS) is 31.1. The number of benzene rings is 1. The quantitative estimate of drug-likeness (QED) is 0.408. The van der Waals surface area contributed by atoms with E-state index in [0.29, 0.717) is 26.1 Å². The van der Waals surface area contributed by atoms with Crippen molar-refractivity contribution in [3.8, 4) is 5.75 Å². The second-order valence-electron chi connectivity index (χ2n) is 14.7.